The number of oxazole rings is 1. The highest BCUT2D eigenvalue weighted by Gasteiger charge is 2.30. The minimum absolute atomic E-state index is 0.00634. The Morgan fingerprint density at radius 3 is 2.61 bits per heavy atom. The van der Waals surface area contributed by atoms with Crippen LogP contribution in [0.5, 0.6) is 5.75 Å². The summed E-state index contributed by atoms with van der Waals surface area (Å²) in [5.74, 6) is 0.968. The number of hydrogen-bond acceptors (Lipinski definition) is 8. The highest BCUT2D eigenvalue weighted by molar-refractivity contribution is 7.89. The van der Waals surface area contributed by atoms with E-state index in [0.717, 1.165) is 5.56 Å². The first kappa shape index (κ1) is 24.4. The monoisotopic (exact) mass is 550 g/mol. The molecule has 0 bridgehead atoms. The van der Waals surface area contributed by atoms with Crippen LogP contribution in [0.25, 0.3) is 28.5 Å². The first-order chi connectivity index (χ1) is 18.4. The third kappa shape index (κ3) is 4.60. The Kier molecular flexibility index (Phi) is 6.26. The molecule has 4 heterocycles. The van der Waals surface area contributed by atoms with Crippen molar-refractivity contribution in [2.45, 2.75) is 23.8 Å². The molecule has 2 aromatic carbocycles. The van der Waals surface area contributed by atoms with Crippen LogP contribution in [0.3, 0.4) is 0 Å². The Hall–Kier alpha value is -3.93. The molecular weight excluding hydrogens is 528 g/mol. The molecule has 10 nitrogen and oxygen atoms in total. The van der Waals surface area contributed by atoms with Gasteiger partial charge in [0.2, 0.25) is 16.0 Å². The molecule has 0 amide bonds. The smallest absolute Gasteiger partial charge is 0.306 e. The minimum atomic E-state index is -3.58. The number of piperidine rings is 1. The number of nitrogens with one attached hydrogen (secondary N) is 1. The lowest BCUT2D eigenvalue weighted by Crippen LogP contribution is -2.42. The third-order valence-corrected chi connectivity index (χ3v) is 8.68. The Bertz CT molecular complexity index is 1710. The first-order valence-electron chi connectivity index (χ1n) is 12.0. The predicted octanol–water partition coefficient (Wildman–Crippen LogP) is 4.68. The van der Waals surface area contributed by atoms with Crippen LogP contribution in [-0.4, -0.2) is 56.3 Å². The highest BCUT2D eigenvalue weighted by atomic mass is 35.5. The van der Waals surface area contributed by atoms with Crippen molar-refractivity contribution in [3.8, 4) is 28.4 Å². The Balaban J connectivity index is 1.21. The van der Waals surface area contributed by atoms with E-state index in [9.17, 15) is 13.5 Å². The highest BCUT2D eigenvalue weighted by Crippen LogP contribution is 2.34. The molecule has 38 heavy (non-hydrogen) atoms. The molecule has 0 unspecified atom stereocenters. The summed E-state index contributed by atoms with van der Waals surface area (Å²) in [5.41, 5.74) is 2.66. The maximum absolute atomic E-state index is 13.0. The number of halogens is 1. The second kappa shape index (κ2) is 9.75. The van der Waals surface area contributed by atoms with Gasteiger partial charge >= 0.3 is 5.84 Å². The van der Waals surface area contributed by atoms with Gasteiger partial charge in [0.15, 0.2) is 0 Å². The summed E-state index contributed by atoms with van der Waals surface area (Å²) >= 11 is 5.91. The zero-order valence-electron chi connectivity index (χ0n) is 20.0. The van der Waals surface area contributed by atoms with Crippen LogP contribution in [0.2, 0.25) is 5.02 Å². The second-order valence-electron chi connectivity index (χ2n) is 8.96. The zero-order chi connectivity index (χ0) is 26.3. The molecule has 1 fully saturated rings. The van der Waals surface area contributed by atoms with Crippen molar-refractivity contribution in [2.24, 2.45) is 0 Å². The van der Waals surface area contributed by atoms with E-state index in [2.05, 4.69) is 15.3 Å². The number of aromatic nitrogens is 4. The van der Waals surface area contributed by atoms with E-state index in [-0.39, 0.29) is 16.7 Å². The molecular formula is C26H23ClN6O4S. The Morgan fingerprint density at radius 1 is 1.05 bits per heavy atom. The molecule has 1 saturated heterocycles. The van der Waals surface area contributed by atoms with E-state index in [0.29, 0.717) is 59.8 Å². The van der Waals surface area contributed by atoms with Crippen molar-refractivity contribution in [1.82, 2.24) is 23.7 Å². The van der Waals surface area contributed by atoms with Gasteiger partial charge in [0.1, 0.15) is 23.4 Å². The average Bonchev–Trinajstić information content (AvgIpc) is 3.51. The zero-order valence-corrected chi connectivity index (χ0v) is 21.6. The lowest BCUT2D eigenvalue weighted by molar-refractivity contribution is 0.329. The van der Waals surface area contributed by atoms with Gasteiger partial charge in [0.05, 0.1) is 10.6 Å². The van der Waals surface area contributed by atoms with Gasteiger partial charge < -0.3 is 14.8 Å². The molecule has 2 N–H and O–H groups in total. The fraction of sp³-hybridized carbons (Fsp3) is 0.192. The summed E-state index contributed by atoms with van der Waals surface area (Å²) < 4.78 is 34.8. The van der Waals surface area contributed by atoms with Crippen molar-refractivity contribution in [3.63, 3.8) is 0 Å². The molecule has 0 aliphatic carbocycles. The number of phenolic OH excluding ortho intramolecular Hbond substituents is 1. The topological polar surface area (TPSA) is 126 Å². The number of nitrogens with zero attached hydrogens (tertiary/aromatic N) is 5. The number of hydrogen-bond donors (Lipinski definition) is 2. The number of sulfonamides is 1. The lowest BCUT2D eigenvalue weighted by Gasteiger charge is -2.31. The number of imidazole rings is 1. The summed E-state index contributed by atoms with van der Waals surface area (Å²) in [7, 11) is -3.58. The van der Waals surface area contributed by atoms with Crippen LogP contribution in [0.1, 0.15) is 12.8 Å². The van der Waals surface area contributed by atoms with Crippen molar-refractivity contribution in [1.29, 1.82) is 0 Å². The van der Waals surface area contributed by atoms with E-state index in [1.807, 2.05) is 6.07 Å². The molecule has 3 aromatic heterocycles. The van der Waals surface area contributed by atoms with Gasteiger partial charge in [-0.15, -0.1) is 0 Å². The van der Waals surface area contributed by atoms with Crippen molar-refractivity contribution in [3.05, 3.63) is 78.3 Å². The fourth-order valence-electron chi connectivity index (χ4n) is 4.62. The second-order valence-corrected chi connectivity index (χ2v) is 11.3. The molecule has 194 valence electrons. The van der Waals surface area contributed by atoms with Crippen LogP contribution < -0.4 is 5.32 Å². The van der Waals surface area contributed by atoms with Gasteiger partial charge in [-0.25, -0.2) is 18.4 Å². The molecule has 12 heteroatoms. The third-order valence-electron chi connectivity index (χ3n) is 6.52. The Labute approximate surface area is 223 Å². The fourth-order valence-corrected chi connectivity index (χ4v) is 6.22. The number of aromatic hydroxyl groups is 1. The van der Waals surface area contributed by atoms with Gasteiger partial charge in [0.25, 0.3) is 0 Å². The predicted molar refractivity (Wildman–Crippen MR) is 142 cm³/mol. The normalized spacial score (nSPS) is 15.2. The number of phenols is 1. The molecule has 1 aliphatic rings. The largest absolute Gasteiger partial charge is 0.508 e. The first-order valence-corrected chi connectivity index (χ1v) is 13.8. The maximum atomic E-state index is 13.0. The van der Waals surface area contributed by atoms with Crippen molar-refractivity contribution < 1.29 is 17.9 Å². The van der Waals surface area contributed by atoms with Gasteiger partial charge in [-0.3, -0.25) is 4.40 Å². The van der Waals surface area contributed by atoms with E-state index in [1.165, 1.54) is 16.4 Å². The van der Waals surface area contributed by atoms with E-state index in [1.54, 1.807) is 59.5 Å². The quantitative estimate of drug-likeness (QED) is 0.312. The number of benzene rings is 2. The van der Waals surface area contributed by atoms with Crippen molar-refractivity contribution >= 4 is 33.4 Å². The van der Waals surface area contributed by atoms with E-state index in [4.69, 9.17) is 21.0 Å². The summed E-state index contributed by atoms with van der Waals surface area (Å²) in [5, 5.41) is 13.8. The minimum Gasteiger partial charge on any atom is -0.508 e. The maximum Gasteiger partial charge on any atom is 0.306 e. The number of anilines is 1. The molecule has 6 rings (SSSR count). The van der Waals surface area contributed by atoms with Crippen molar-refractivity contribution in [2.75, 3.05) is 18.4 Å². The van der Waals surface area contributed by atoms with Gasteiger partial charge in [-0.1, -0.05) is 23.7 Å². The standard InChI is InChI=1S/C26H23ClN6O4S/c27-18-4-6-21(7-5-18)38(35,36)32-12-9-19(10-13-32)29-25-28-11-8-22(30-25)24-23(17-2-1-3-20(34)16-17)31-26-33(24)14-15-37-26/h1-8,11,14-16,19,34H,9-10,12-13H2,(H,28,29,30). The Morgan fingerprint density at radius 2 is 1.84 bits per heavy atom. The molecule has 0 spiro atoms. The van der Waals surface area contributed by atoms with Gasteiger partial charge in [0, 0.05) is 42.1 Å². The van der Waals surface area contributed by atoms with Gasteiger partial charge in [-0.2, -0.15) is 9.29 Å². The van der Waals surface area contributed by atoms with Crippen LogP contribution in [-0.2, 0) is 10.0 Å². The SMILES string of the molecule is O=S(=O)(c1ccc(Cl)cc1)N1CCC(Nc2nccc(-c3c(-c4cccc(O)c4)nc4occn34)n2)CC1. The molecule has 5 aromatic rings. The molecule has 0 atom stereocenters. The average molecular weight is 551 g/mol. The molecule has 0 saturated carbocycles. The van der Waals surface area contributed by atoms with Crippen LogP contribution in [0.4, 0.5) is 5.95 Å². The summed E-state index contributed by atoms with van der Waals surface area (Å²) in [6.45, 7) is 0.754. The lowest BCUT2D eigenvalue weighted by atomic mass is 10.1. The number of fused-ring (bicyclic) bond motifs is 1. The van der Waals surface area contributed by atoms with Crippen LogP contribution in [0.15, 0.2) is 82.6 Å². The van der Waals surface area contributed by atoms with Crippen LogP contribution in [0, 0.1) is 0 Å². The van der Waals surface area contributed by atoms with E-state index >= 15 is 0 Å². The molecule has 0 radical (unpaired) electrons. The summed E-state index contributed by atoms with van der Waals surface area (Å²) in [6, 6.07) is 14.9. The van der Waals surface area contributed by atoms with Crippen LogP contribution >= 0.6 is 11.6 Å². The summed E-state index contributed by atoms with van der Waals surface area (Å²) in [6.07, 6.45) is 6.18. The van der Waals surface area contributed by atoms with E-state index < -0.39 is 10.0 Å². The number of rotatable bonds is 6. The summed E-state index contributed by atoms with van der Waals surface area (Å²) in [4.78, 5) is 14.0. The van der Waals surface area contributed by atoms with Gasteiger partial charge in [-0.05, 0) is 55.3 Å². The molecule has 1 aliphatic heterocycles.